The SMILES string of the molecule is CCC[C@H](N)C1(OCC)CCOCC1. The molecule has 0 aromatic heterocycles. The molecule has 84 valence electrons. The molecule has 2 N–H and O–H groups in total. The second-order valence-corrected chi connectivity index (χ2v) is 4.01. The van der Waals surface area contributed by atoms with Gasteiger partial charge in [-0.05, 0) is 13.3 Å². The summed E-state index contributed by atoms with van der Waals surface area (Å²) >= 11 is 0. The van der Waals surface area contributed by atoms with Crippen molar-refractivity contribution in [1.82, 2.24) is 0 Å². The van der Waals surface area contributed by atoms with Crippen molar-refractivity contribution in [2.75, 3.05) is 19.8 Å². The first-order valence-corrected chi connectivity index (χ1v) is 5.72. The number of hydrogen-bond acceptors (Lipinski definition) is 3. The van der Waals surface area contributed by atoms with E-state index >= 15 is 0 Å². The van der Waals surface area contributed by atoms with Crippen molar-refractivity contribution < 1.29 is 9.47 Å². The zero-order valence-electron chi connectivity index (χ0n) is 9.42. The Morgan fingerprint density at radius 2 is 2.00 bits per heavy atom. The van der Waals surface area contributed by atoms with Crippen molar-refractivity contribution >= 4 is 0 Å². The van der Waals surface area contributed by atoms with Crippen molar-refractivity contribution in [1.29, 1.82) is 0 Å². The Balaban J connectivity index is 2.58. The molecule has 1 fully saturated rings. The maximum atomic E-state index is 6.20. The van der Waals surface area contributed by atoms with Gasteiger partial charge in [0.25, 0.3) is 0 Å². The second-order valence-electron chi connectivity index (χ2n) is 4.01. The molecule has 0 unspecified atom stereocenters. The molecular weight excluding hydrogens is 178 g/mol. The Bertz CT molecular complexity index is 150. The fourth-order valence-corrected chi connectivity index (χ4v) is 2.20. The van der Waals surface area contributed by atoms with Gasteiger partial charge in [-0.3, -0.25) is 0 Å². The molecule has 3 nitrogen and oxygen atoms in total. The summed E-state index contributed by atoms with van der Waals surface area (Å²) < 4.78 is 11.2. The summed E-state index contributed by atoms with van der Waals surface area (Å²) in [5.41, 5.74) is 6.09. The van der Waals surface area contributed by atoms with E-state index in [9.17, 15) is 0 Å². The molecule has 0 amide bonds. The lowest BCUT2D eigenvalue weighted by Gasteiger charge is -2.41. The number of ether oxygens (including phenoxy) is 2. The van der Waals surface area contributed by atoms with Crippen LogP contribution in [-0.4, -0.2) is 31.5 Å². The highest BCUT2D eigenvalue weighted by Gasteiger charge is 2.38. The Morgan fingerprint density at radius 3 is 2.50 bits per heavy atom. The largest absolute Gasteiger partial charge is 0.381 e. The van der Waals surface area contributed by atoms with Gasteiger partial charge < -0.3 is 15.2 Å². The molecule has 0 aromatic carbocycles. The van der Waals surface area contributed by atoms with E-state index < -0.39 is 0 Å². The average molecular weight is 201 g/mol. The zero-order valence-corrected chi connectivity index (χ0v) is 9.42. The van der Waals surface area contributed by atoms with Crippen LogP contribution in [0, 0.1) is 0 Å². The van der Waals surface area contributed by atoms with Gasteiger partial charge in [0.15, 0.2) is 0 Å². The quantitative estimate of drug-likeness (QED) is 0.736. The van der Waals surface area contributed by atoms with Gasteiger partial charge in [0, 0.05) is 38.7 Å². The Morgan fingerprint density at radius 1 is 1.36 bits per heavy atom. The molecule has 0 aromatic rings. The first-order valence-electron chi connectivity index (χ1n) is 5.72. The van der Waals surface area contributed by atoms with E-state index in [2.05, 4.69) is 6.92 Å². The zero-order chi connectivity index (χ0) is 10.4. The average Bonchev–Trinajstić information content (AvgIpc) is 2.20. The van der Waals surface area contributed by atoms with Crippen molar-refractivity contribution in [3.8, 4) is 0 Å². The summed E-state index contributed by atoms with van der Waals surface area (Å²) in [5, 5.41) is 0. The topological polar surface area (TPSA) is 44.5 Å². The third-order valence-electron chi connectivity index (χ3n) is 3.05. The molecule has 0 saturated carbocycles. The number of nitrogens with two attached hydrogens (primary N) is 1. The molecule has 14 heavy (non-hydrogen) atoms. The van der Waals surface area contributed by atoms with E-state index in [4.69, 9.17) is 15.2 Å². The van der Waals surface area contributed by atoms with Crippen LogP contribution in [-0.2, 0) is 9.47 Å². The fraction of sp³-hybridized carbons (Fsp3) is 1.00. The molecule has 1 rings (SSSR count). The second kappa shape index (κ2) is 5.69. The summed E-state index contributed by atoms with van der Waals surface area (Å²) in [6.45, 7) is 6.53. The first-order chi connectivity index (χ1) is 6.75. The van der Waals surface area contributed by atoms with Crippen LogP contribution in [0.3, 0.4) is 0 Å². The Labute approximate surface area is 86.9 Å². The van der Waals surface area contributed by atoms with Crippen LogP contribution in [0.25, 0.3) is 0 Å². The molecule has 0 radical (unpaired) electrons. The Kier molecular flexibility index (Phi) is 4.85. The van der Waals surface area contributed by atoms with Crippen LogP contribution in [0.1, 0.15) is 39.5 Å². The summed E-state index contributed by atoms with van der Waals surface area (Å²) in [6.07, 6.45) is 4.06. The van der Waals surface area contributed by atoms with Gasteiger partial charge in [-0.25, -0.2) is 0 Å². The minimum atomic E-state index is -0.108. The third-order valence-corrected chi connectivity index (χ3v) is 3.05. The standard InChI is InChI=1S/C11H23NO2/c1-3-5-10(12)11(14-4-2)6-8-13-9-7-11/h10H,3-9,12H2,1-2H3/t10-/m0/s1. The summed E-state index contributed by atoms with van der Waals surface area (Å²) in [5.74, 6) is 0. The van der Waals surface area contributed by atoms with Crippen LogP contribution in [0.15, 0.2) is 0 Å². The fourth-order valence-electron chi connectivity index (χ4n) is 2.20. The van der Waals surface area contributed by atoms with E-state index in [0.717, 1.165) is 45.5 Å². The molecule has 1 aliphatic rings. The summed E-state index contributed by atoms with van der Waals surface area (Å²) in [4.78, 5) is 0. The van der Waals surface area contributed by atoms with Gasteiger partial charge in [0.2, 0.25) is 0 Å². The van der Waals surface area contributed by atoms with Crippen LogP contribution in [0.4, 0.5) is 0 Å². The molecule has 0 aliphatic carbocycles. The maximum absolute atomic E-state index is 6.20. The van der Waals surface area contributed by atoms with E-state index in [0.29, 0.717) is 0 Å². The van der Waals surface area contributed by atoms with Gasteiger partial charge in [-0.15, -0.1) is 0 Å². The van der Waals surface area contributed by atoms with Crippen molar-refractivity contribution in [3.63, 3.8) is 0 Å². The molecule has 1 heterocycles. The predicted molar refractivity (Wildman–Crippen MR) is 57.3 cm³/mol. The van der Waals surface area contributed by atoms with Gasteiger partial charge in [0.05, 0.1) is 5.60 Å². The lowest BCUT2D eigenvalue weighted by Crippen LogP contribution is -2.53. The molecule has 1 aliphatic heterocycles. The van der Waals surface area contributed by atoms with E-state index in [-0.39, 0.29) is 11.6 Å². The van der Waals surface area contributed by atoms with Crippen LogP contribution in [0.5, 0.6) is 0 Å². The molecule has 1 saturated heterocycles. The minimum Gasteiger partial charge on any atom is -0.381 e. The highest BCUT2D eigenvalue weighted by atomic mass is 16.5. The smallest absolute Gasteiger partial charge is 0.0876 e. The van der Waals surface area contributed by atoms with Gasteiger partial charge >= 0.3 is 0 Å². The molecular formula is C11H23NO2. The van der Waals surface area contributed by atoms with Gasteiger partial charge in [-0.2, -0.15) is 0 Å². The van der Waals surface area contributed by atoms with E-state index in [1.807, 2.05) is 6.92 Å². The van der Waals surface area contributed by atoms with Crippen molar-refractivity contribution in [3.05, 3.63) is 0 Å². The molecule has 3 heteroatoms. The predicted octanol–water partition coefficient (Wildman–Crippen LogP) is 1.70. The normalized spacial score (nSPS) is 23.4. The molecule has 1 atom stereocenters. The minimum absolute atomic E-state index is 0.108. The maximum Gasteiger partial charge on any atom is 0.0876 e. The lowest BCUT2D eigenvalue weighted by molar-refractivity contribution is -0.121. The lowest BCUT2D eigenvalue weighted by atomic mass is 9.84. The summed E-state index contributed by atoms with van der Waals surface area (Å²) in [7, 11) is 0. The van der Waals surface area contributed by atoms with E-state index in [1.54, 1.807) is 0 Å². The van der Waals surface area contributed by atoms with Crippen molar-refractivity contribution in [2.24, 2.45) is 5.73 Å². The van der Waals surface area contributed by atoms with Gasteiger partial charge in [-0.1, -0.05) is 13.3 Å². The van der Waals surface area contributed by atoms with Crippen molar-refractivity contribution in [2.45, 2.75) is 51.2 Å². The highest BCUT2D eigenvalue weighted by Crippen LogP contribution is 2.29. The third kappa shape index (κ3) is 2.69. The molecule has 0 spiro atoms. The van der Waals surface area contributed by atoms with Crippen LogP contribution in [0.2, 0.25) is 0 Å². The van der Waals surface area contributed by atoms with Gasteiger partial charge in [0.1, 0.15) is 0 Å². The van der Waals surface area contributed by atoms with Crippen LogP contribution < -0.4 is 5.73 Å². The monoisotopic (exact) mass is 201 g/mol. The van der Waals surface area contributed by atoms with E-state index in [1.165, 1.54) is 0 Å². The Hall–Kier alpha value is -0.120. The number of hydrogen-bond donors (Lipinski definition) is 1. The van der Waals surface area contributed by atoms with Crippen LogP contribution >= 0.6 is 0 Å². The highest BCUT2D eigenvalue weighted by molar-refractivity contribution is 4.93. The molecule has 0 bridgehead atoms. The number of rotatable bonds is 5. The summed E-state index contributed by atoms with van der Waals surface area (Å²) in [6, 6.07) is 0.163. The first kappa shape index (κ1) is 12.0.